The van der Waals surface area contributed by atoms with Gasteiger partial charge in [-0.05, 0) is 56.1 Å². The van der Waals surface area contributed by atoms with E-state index in [1.165, 1.54) is 10.9 Å². The number of aromatic nitrogens is 3. The summed E-state index contributed by atoms with van der Waals surface area (Å²) in [5.41, 5.74) is 3.27. The third kappa shape index (κ3) is 4.37. The Morgan fingerprint density at radius 1 is 1.26 bits per heavy atom. The second-order valence-corrected chi connectivity index (χ2v) is 7.65. The topological polar surface area (TPSA) is 61.9 Å². The minimum absolute atomic E-state index is 0.176. The van der Waals surface area contributed by atoms with Gasteiger partial charge in [-0.25, -0.2) is 0 Å². The molecule has 2 aromatic heterocycles. The zero-order chi connectivity index (χ0) is 18.6. The van der Waals surface area contributed by atoms with Gasteiger partial charge in [0.15, 0.2) is 0 Å². The Morgan fingerprint density at radius 2 is 2.11 bits per heavy atom. The van der Waals surface area contributed by atoms with Crippen molar-refractivity contribution in [1.82, 2.24) is 19.9 Å². The summed E-state index contributed by atoms with van der Waals surface area (Å²) in [4.78, 5) is 26.6. The van der Waals surface area contributed by atoms with Crippen LogP contribution in [0.15, 0.2) is 43.0 Å². The zero-order valence-corrected chi connectivity index (χ0v) is 16.0. The largest absolute Gasteiger partial charge is 0.361 e. The first-order valence-electron chi connectivity index (χ1n) is 9.44. The van der Waals surface area contributed by atoms with Gasteiger partial charge in [0, 0.05) is 59.6 Å². The molecule has 0 amide bonds. The highest BCUT2D eigenvalue weighted by atomic mass is 35.5. The Morgan fingerprint density at radius 3 is 2.89 bits per heavy atom. The maximum atomic E-state index is 12.5. The van der Waals surface area contributed by atoms with Crippen LogP contribution in [0.2, 0.25) is 5.02 Å². The molecule has 1 saturated heterocycles. The number of H-pyrrole nitrogens is 1. The number of carbonyl (C=O) groups excluding carboxylic acids is 1. The van der Waals surface area contributed by atoms with Crippen LogP contribution in [-0.4, -0.2) is 38.7 Å². The summed E-state index contributed by atoms with van der Waals surface area (Å²) in [6.45, 7) is 2.80. The maximum absolute atomic E-state index is 12.5. The monoisotopic (exact) mass is 382 g/mol. The average Bonchev–Trinajstić information content (AvgIpc) is 3.09. The van der Waals surface area contributed by atoms with Crippen molar-refractivity contribution < 1.29 is 4.79 Å². The Kier molecular flexibility index (Phi) is 5.50. The number of aromatic amines is 1. The molecule has 0 bridgehead atoms. The zero-order valence-electron chi connectivity index (χ0n) is 15.2. The molecule has 6 heteroatoms. The summed E-state index contributed by atoms with van der Waals surface area (Å²) in [6.07, 6.45) is 10.2. The van der Waals surface area contributed by atoms with E-state index in [-0.39, 0.29) is 5.92 Å². The Balaban J connectivity index is 1.29. The van der Waals surface area contributed by atoms with E-state index in [0.29, 0.717) is 18.6 Å². The quantitative estimate of drug-likeness (QED) is 0.699. The van der Waals surface area contributed by atoms with Crippen LogP contribution in [0.3, 0.4) is 0 Å². The molecule has 5 nitrogen and oxygen atoms in total. The highest BCUT2D eigenvalue weighted by Gasteiger charge is 2.25. The number of nitrogens with zero attached hydrogens (tertiary/aromatic N) is 3. The van der Waals surface area contributed by atoms with Crippen LogP contribution in [0.5, 0.6) is 0 Å². The number of hydrogen-bond acceptors (Lipinski definition) is 4. The van der Waals surface area contributed by atoms with E-state index in [1.807, 2.05) is 18.2 Å². The van der Waals surface area contributed by atoms with Crippen molar-refractivity contribution in [3.05, 3.63) is 59.3 Å². The van der Waals surface area contributed by atoms with Gasteiger partial charge < -0.3 is 4.98 Å². The number of nitrogens with one attached hydrogen (secondary N) is 1. The van der Waals surface area contributed by atoms with Gasteiger partial charge in [0.1, 0.15) is 5.78 Å². The molecular formula is C21H23ClN4O. The Labute approximate surface area is 163 Å². The van der Waals surface area contributed by atoms with Crippen LogP contribution < -0.4 is 0 Å². The molecule has 3 aromatic rings. The van der Waals surface area contributed by atoms with Crippen molar-refractivity contribution in [3.8, 4) is 0 Å². The molecular weight excluding hydrogens is 360 g/mol. The van der Waals surface area contributed by atoms with E-state index < -0.39 is 0 Å². The minimum Gasteiger partial charge on any atom is -0.361 e. The standard InChI is InChI=1S/C21H23ClN4O/c22-17-1-3-20-19(11-17)16(12-25-20)14-26-9-5-15(6-10-26)21(27)4-2-18-13-23-7-8-24-18/h1,3,7-8,11-13,15,25H,2,4-6,9-10,14H2. The van der Waals surface area contributed by atoms with Gasteiger partial charge in [-0.1, -0.05) is 11.6 Å². The van der Waals surface area contributed by atoms with Crippen molar-refractivity contribution in [3.63, 3.8) is 0 Å². The minimum atomic E-state index is 0.176. The highest BCUT2D eigenvalue weighted by molar-refractivity contribution is 6.31. The fraction of sp³-hybridized carbons (Fsp3) is 0.381. The summed E-state index contributed by atoms with van der Waals surface area (Å²) in [6, 6.07) is 5.94. The molecule has 0 radical (unpaired) electrons. The molecule has 1 aromatic carbocycles. The van der Waals surface area contributed by atoms with Gasteiger partial charge in [0.2, 0.25) is 0 Å². The van der Waals surface area contributed by atoms with Gasteiger partial charge in [-0.3, -0.25) is 19.7 Å². The lowest BCUT2D eigenvalue weighted by Gasteiger charge is -2.31. The first-order valence-corrected chi connectivity index (χ1v) is 9.82. The van der Waals surface area contributed by atoms with E-state index in [4.69, 9.17) is 11.6 Å². The SMILES string of the molecule is O=C(CCc1cnccn1)C1CCN(Cc2c[nH]c3ccc(Cl)cc23)CC1. The number of rotatable bonds is 6. The predicted octanol–water partition coefficient (Wildman–Crippen LogP) is 4.03. The highest BCUT2D eigenvalue weighted by Crippen LogP contribution is 2.26. The van der Waals surface area contributed by atoms with Crippen molar-refractivity contribution in [2.75, 3.05) is 13.1 Å². The number of carbonyl (C=O) groups is 1. The van der Waals surface area contributed by atoms with Crippen LogP contribution in [0, 0.1) is 5.92 Å². The van der Waals surface area contributed by atoms with Gasteiger partial charge in [0.25, 0.3) is 0 Å². The Hall–Kier alpha value is -2.24. The maximum Gasteiger partial charge on any atom is 0.136 e. The van der Waals surface area contributed by atoms with E-state index in [9.17, 15) is 4.79 Å². The van der Waals surface area contributed by atoms with Crippen LogP contribution >= 0.6 is 11.6 Å². The van der Waals surface area contributed by atoms with E-state index in [1.54, 1.807) is 18.6 Å². The molecule has 0 aliphatic carbocycles. The molecule has 3 heterocycles. The summed E-state index contributed by atoms with van der Waals surface area (Å²) < 4.78 is 0. The number of fused-ring (bicyclic) bond motifs is 1. The molecule has 1 aliphatic heterocycles. The second-order valence-electron chi connectivity index (χ2n) is 7.22. The molecule has 140 valence electrons. The van der Waals surface area contributed by atoms with Crippen molar-refractivity contribution >= 4 is 28.3 Å². The normalized spacial score (nSPS) is 16.0. The molecule has 1 aliphatic rings. The molecule has 0 unspecified atom stereocenters. The Bertz CT molecular complexity index is 916. The lowest BCUT2D eigenvalue weighted by atomic mass is 9.90. The number of benzene rings is 1. The number of likely N-dealkylation sites (tertiary alicyclic amines) is 1. The molecule has 0 saturated carbocycles. The summed E-state index contributed by atoms with van der Waals surface area (Å²) in [7, 11) is 0. The van der Waals surface area contributed by atoms with Crippen molar-refractivity contribution in [1.29, 1.82) is 0 Å². The number of piperidine rings is 1. The summed E-state index contributed by atoms with van der Waals surface area (Å²) >= 11 is 6.14. The van der Waals surface area contributed by atoms with E-state index in [0.717, 1.165) is 48.7 Å². The smallest absolute Gasteiger partial charge is 0.136 e. The average molecular weight is 383 g/mol. The fourth-order valence-corrected chi connectivity index (χ4v) is 4.02. The predicted molar refractivity (Wildman–Crippen MR) is 107 cm³/mol. The lowest BCUT2D eigenvalue weighted by Crippen LogP contribution is -2.36. The third-order valence-corrected chi connectivity index (χ3v) is 5.65. The van der Waals surface area contributed by atoms with Gasteiger partial charge in [0.05, 0.1) is 5.69 Å². The van der Waals surface area contributed by atoms with Crippen molar-refractivity contribution in [2.45, 2.75) is 32.2 Å². The summed E-state index contributed by atoms with van der Waals surface area (Å²) in [5, 5.41) is 1.94. The molecule has 0 atom stereocenters. The second kappa shape index (κ2) is 8.19. The number of ketones is 1. The fourth-order valence-electron chi connectivity index (χ4n) is 3.85. The third-order valence-electron chi connectivity index (χ3n) is 5.41. The summed E-state index contributed by atoms with van der Waals surface area (Å²) in [5.74, 6) is 0.537. The van der Waals surface area contributed by atoms with Gasteiger partial charge in [-0.2, -0.15) is 0 Å². The van der Waals surface area contributed by atoms with Crippen LogP contribution in [0.4, 0.5) is 0 Å². The van der Waals surface area contributed by atoms with Crippen LogP contribution in [-0.2, 0) is 17.8 Å². The molecule has 1 fully saturated rings. The van der Waals surface area contributed by atoms with E-state index >= 15 is 0 Å². The molecule has 1 N–H and O–H groups in total. The lowest BCUT2D eigenvalue weighted by molar-refractivity contribution is -0.124. The van der Waals surface area contributed by atoms with E-state index in [2.05, 4.69) is 26.0 Å². The first-order chi connectivity index (χ1) is 13.2. The number of hydrogen-bond donors (Lipinski definition) is 1. The molecule has 0 spiro atoms. The molecule has 4 rings (SSSR count). The van der Waals surface area contributed by atoms with Crippen LogP contribution in [0.1, 0.15) is 30.5 Å². The van der Waals surface area contributed by atoms with Crippen LogP contribution in [0.25, 0.3) is 10.9 Å². The van der Waals surface area contributed by atoms with Gasteiger partial charge in [-0.15, -0.1) is 0 Å². The van der Waals surface area contributed by atoms with Gasteiger partial charge >= 0.3 is 0 Å². The molecule has 27 heavy (non-hydrogen) atoms. The number of Topliss-reactive ketones (excluding diaryl/α,β-unsaturated/α-hetero) is 1. The first kappa shape index (κ1) is 18.1. The number of halogens is 1. The van der Waals surface area contributed by atoms with Crippen molar-refractivity contribution in [2.24, 2.45) is 5.92 Å². The number of aryl methyl sites for hydroxylation is 1.